The van der Waals surface area contributed by atoms with Gasteiger partial charge in [0.1, 0.15) is 18.1 Å². The number of anilines is 2. The van der Waals surface area contributed by atoms with Crippen molar-refractivity contribution in [2.45, 2.75) is 37.8 Å². The number of carbonyl (C=O) groups is 2. The van der Waals surface area contributed by atoms with E-state index in [0.29, 0.717) is 25.9 Å². The van der Waals surface area contributed by atoms with Gasteiger partial charge < -0.3 is 15.0 Å². The minimum absolute atomic E-state index is 0.0511. The van der Waals surface area contributed by atoms with Gasteiger partial charge in [0.15, 0.2) is 11.6 Å². The number of hydrogen-bond acceptors (Lipinski definition) is 7. The summed E-state index contributed by atoms with van der Waals surface area (Å²) < 4.78 is 36.8. The number of hydrogen-bond donors (Lipinski definition) is 1. The largest absolute Gasteiger partial charge is 0.442 e. The highest BCUT2D eigenvalue weighted by Gasteiger charge is 2.36. The number of ether oxygens (including phenoxy) is 1. The number of cyclic esters (lactones) is 1. The lowest BCUT2D eigenvalue weighted by Crippen LogP contribution is -2.36. The molecule has 12 heteroatoms. The Bertz CT molecular complexity index is 984. The van der Waals surface area contributed by atoms with E-state index < -0.39 is 23.8 Å². The smallest absolute Gasteiger partial charge is 0.414 e. The molecular formula is C20H23F2N7O3. The Kier molecular flexibility index (Phi) is 5.35. The molecule has 1 N–H and O–H groups in total. The second-order valence-corrected chi connectivity index (χ2v) is 8.40. The molecule has 2 amide bonds. The van der Waals surface area contributed by atoms with E-state index in [9.17, 15) is 18.4 Å². The molecule has 3 heterocycles. The maximum Gasteiger partial charge on any atom is 0.414 e. The molecule has 170 valence electrons. The van der Waals surface area contributed by atoms with Crippen molar-refractivity contribution in [1.82, 2.24) is 25.5 Å². The second kappa shape index (κ2) is 8.32. The highest BCUT2D eigenvalue weighted by molar-refractivity contribution is 5.90. The number of nitrogens with zero attached hydrogens (tertiary/aromatic N) is 6. The lowest BCUT2D eigenvalue weighted by Gasteiger charge is -2.33. The van der Waals surface area contributed by atoms with Crippen molar-refractivity contribution in [2.75, 3.05) is 36.0 Å². The molecule has 3 fully saturated rings. The third kappa shape index (κ3) is 4.08. The van der Waals surface area contributed by atoms with E-state index >= 15 is 0 Å². The average Bonchev–Trinajstić information content (AvgIpc) is 3.35. The third-order valence-electron chi connectivity index (χ3n) is 6.16. The van der Waals surface area contributed by atoms with E-state index in [1.807, 2.05) is 0 Å². The Labute approximate surface area is 182 Å². The van der Waals surface area contributed by atoms with Gasteiger partial charge in [-0.3, -0.25) is 9.69 Å². The number of aromatic nitrogens is 4. The molecular weight excluding hydrogens is 424 g/mol. The first-order valence-corrected chi connectivity index (χ1v) is 10.7. The van der Waals surface area contributed by atoms with E-state index in [0.717, 1.165) is 25.0 Å². The molecule has 2 saturated heterocycles. The van der Waals surface area contributed by atoms with Gasteiger partial charge in [-0.05, 0) is 36.1 Å². The topological polar surface area (TPSA) is 105 Å². The minimum Gasteiger partial charge on any atom is -0.442 e. The van der Waals surface area contributed by atoms with Crippen LogP contribution in [-0.2, 0) is 9.53 Å². The molecule has 1 saturated carbocycles. The van der Waals surface area contributed by atoms with E-state index in [-0.39, 0.29) is 42.3 Å². The molecule has 3 aliphatic rings. The van der Waals surface area contributed by atoms with Gasteiger partial charge >= 0.3 is 6.09 Å². The van der Waals surface area contributed by atoms with Crippen LogP contribution in [0.25, 0.3) is 0 Å². The highest BCUT2D eigenvalue weighted by atomic mass is 19.1. The predicted molar refractivity (Wildman–Crippen MR) is 108 cm³/mol. The van der Waals surface area contributed by atoms with Crippen LogP contribution in [-0.4, -0.2) is 64.5 Å². The van der Waals surface area contributed by atoms with Crippen LogP contribution in [0.2, 0.25) is 0 Å². The molecule has 0 unspecified atom stereocenters. The Morgan fingerprint density at radius 2 is 1.88 bits per heavy atom. The van der Waals surface area contributed by atoms with Crippen LogP contribution in [0.4, 0.5) is 25.0 Å². The van der Waals surface area contributed by atoms with E-state index in [1.165, 1.54) is 11.2 Å². The van der Waals surface area contributed by atoms with Crippen molar-refractivity contribution < 1.29 is 23.1 Å². The van der Waals surface area contributed by atoms with E-state index in [2.05, 4.69) is 20.8 Å². The van der Waals surface area contributed by atoms with Gasteiger partial charge in [0.05, 0.1) is 24.8 Å². The maximum absolute atomic E-state index is 14.9. The van der Waals surface area contributed by atoms with Gasteiger partial charge in [-0.1, -0.05) is 0 Å². The number of carbonyl (C=O) groups excluding carboxylic acids is 2. The Hall–Kier alpha value is -3.31. The van der Waals surface area contributed by atoms with Gasteiger partial charge in [-0.2, -0.15) is 0 Å². The average molecular weight is 447 g/mol. The summed E-state index contributed by atoms with van der Waals surface area (Å²) in [6.07, 6.45) is 3.34. The lowest BCUT2D eigenvalue weighted by atomic mass is 10.0. The number of amides is 2. The van der Waals surface area contributed by atoms with Gasteiger partial charge in [-0.15, -0.1) is 5.10 Å². The molecule has 32 heavy (non-hydrogen) atoms. The zero-order valence-corrected chi connectivity index (χ0v) is 17.3. The van der Waals surface area contributed by atoms with Crippen LogP contribution >= 0.6 is 0 Å². The van der Waals surface area contributed by atoms with Crippen molar-refractivity contribution >= 4 is 23.4 Å². The summed E-state index contributed by atoms with van der Waals surface area (Å²) in [5.41, 5.74) is -0.0157. The predicted octanol–water partition coefficient (Wildman–Crippen LogP) is 1.64. The van der Waals surface area contributed by atoms with Crippen molar-refractivity contribution in [3.63, 3.8) is 0 Å². The number of rotatable bonds is 6. The maximum atomic E-state index is 14.9. The standard InChI is InChI=1S/C20H23F2N7O3/c21-16-7-14(28-10-15(32-20(28)31)9-23-19(30)12-1-2-12)8-17(22)18(16)27-5-3-13(4-6-27)29-11-24-25-26-29/h7-8,11-13,15H,1-6,9-10H2,(H,23,30)/t15-/m0/s1. The van der Waals surface area contributed by atoms with Gasteiger partial charge in [-0.25, -0.2) is 18.3 Å². The molecule has 2 aromatic rings. The van der Waals surface area contributed by atoms with Crippen LogP contribution in [0.5, 0.6) is 0 Å². The quantitative estimate of drug-likeness (QED) is 0.718. The summed E-state index contributed by atoms with van der Waals surface area (Å²) in [4.78, 5) is 26.9. The van der Waals surface area contributed by atoms with Crippen LogP contribution < -0.4 is 15.1 Å². The van der Waals surface area contributed by atoms with E-state index in [1.54, 1.807) is 9.58 Å². The summed E-state index contributed by atoms with van der Waals surface area (Å²) in [7, 11) is 0. The molecule has 0 bridgehead atoms. The van der Waals surface area contributed by atoms with Crippen LogP contribution in [0.15, 0.2) is 18.5 Å². The number of piperidine rings is 1. The summed E-state index contributed by atoms with van der Waals surface area (Å²) >= 11 is 0. The monoisotopic (exact) mass is 447 g/mol. The fourth-order valence-corrected chi connectivity index (χ4v) is 4.24. The molecule has 1 aromatic carbocycles. The molecule has 1 aliphatic carbocycles. The third-order valence-corrected chi connectivity index (χ3v) is 6.16. The normalized spacial score (nSPS) is 21.7. The van der Waals surface area contributed by atoms with Gasteiger partial charge in [0.25, 0.3) is 0 Å². The fourth-order valence-electron chi connectivity index (χ4n) is 4.24. The number of tetrazole rings is 1. The van der Waals surface area contributed by atoms with Gasteiger partial charge in [0, 0.05) is 31.1 Å². The zero-order chi connectivity index (χ0) is 22.2. The summed E-state index contributed by atoms with van der Waals surface area (Å²) in [5.74, 6) is -1.47. The molecule has 2 aliphatic heterocycles. The lowest BCUT2D eigenvalue weighted by molar-refractivity contribution is -0.122. The SMILES string of the molecule is O=C(NC[C@H]1CN(c2cc(F)c(N3CCC(n4cnnn4)CC3)c(F)c2)C(=O)O1)C1CC1. The number of nitrogens with one attached hydrogen (secondary N) is 1. The van der Waals surface area contributed by atoms with Crippen LogP contribution in [0.1, 0.15) is 31.7 Å². The first kappa shape index (κ1) is 20.6. The molecule has 1 atom stereocenters. The van der Waals surface area contributed by atoms with Gasteiger partial charge in [0.2, 0.25) is 5.91 Å². The fraction of sp³-hybridized carbons (Fsp3) is 0.550. The number of halogens is 2. The summed E-state index contributed by atoms with van der Waals surface area (Å²) in [6.45, 7) is 1.19. The first-order chi connectivity index (χ1) is 15.5. The molecule has 0 spiro atoms. The van der Waals surface area contributed by atoms with Crippen LogP contribution in [0, 0.1) is 17.6 Å². The van der Waals surface area contributed by atoms with E-state index in [4.69, 9.17) is 4.74 Å². The Morgan fingerprint density at radius 3 is 2.50 bits per heavy atom. The zero-order valence-electron chi connectivity index (χ0n) is 17.3. The Morgan fingerprint density at radius 1 is 1.16 bits per heavy atom. The van der Waals surface area contributed by atoms with Crippen molar-refractivity contribution in [2.24, 2.45) is 5.92 Å². The second-order valence-electron chi connectivity index (χ2n) is 8.40. The van der Waals surface area contributed by atoms with Crippen molar-refractivity contribution in [3.05, 3.63) is 30.1 Å². The molecule has 0 radical (unpaired) electrons. The molecule has 1 aromatic heterocycles. The minimum atomic E-state index is -0.737. The first-order valence-electron chi connectivity index (χ1n) is 10.7. The number of benzene rings is 1. The highest BCUT2D eigenvalue weighted by Crippen LogP contribution is 2.34. The Balaban J connectivity index is 1.23. The summed E-state index contributed by atoms with van der Waals surface area (Å²) in [6, 6.07) is 2.39. The van der Waals surface area contributed by atoms with Crippen LogP contribution in [0.3, 0.4) is 0 Å². The molecule has 10 nitrogen and oxygen atoms in total. The van der Waals surface area contributed by atoms with Crippen molar-refractivity contribution in [3.8, 4) is 0 Å². The molecule has 5 rings (SSSR count). The summed E-state index contributed by atoms with van der Waals surface area (Å²) in [5, 5.41) is 13.9. The van der Waals surface area contributed by atoms with Crippen molar-refractivity contribution in [1.29, 1.82) is 0 Å².